The van der Waals surface area contributed by atoms with Gasteiger partial charge in [-0.05, 0) is 24.1 Å². The minimum atomic E-state index is -0.435. The van der Waals surface area contributed by atoms with E-state index in [0.29, 0.717) is 23.7 Å². The van der Waals surface area contributed by atoms with Crippen molar-refractivity contribution in [3.63, 3.8) is 0 Å². The van der Waals surface area contributed by atoms with Crippen LogP contribution in [-0.2, 0) is 4.79 Å². The lowest BCUT2D eigenvalue weighted by atomic mass is 10.2. The number of carbonyl (C=O) groups excluding carboxylic acids is 2. The molecule has 1 aliphatic rings. The lowest BCUT2D eigenvalue weighted by molar-refractivity contribution is -0.124. The zero-order chi connectivity index (χ0) is 14.5. The van der Waals surface area contributed by atoms with E-state index >= 15 is 0 Å². The predicted molar refractivity (Wildman–Crippen MR) is 78.9 cm³/mol. The van der Waals surface area contributed by atoms with Crippen molar-refractivity contribution in [1.82, 2.24) is 10.2 Å². The Kier molecular flexibility index (Phi) is 5.37. The molecule has 1 saturated heterocycles. The highest BCUT2D eigenvalue weighted by Gasteiger charge is 2.36. The van der Waals surface area contributed by atoms with Gasteiger partial charge in [-0.15, -0.1) is 11.8 Å². The summed E-state index contributed by atoms with van der Waals surface area (Å²) in [5.74, 6) is 0.742. The fraction of sp³-hybridized carbons (Fsp3) is 0.538. The van der Waals surface area contributed by atoms with E-state index in [1.165, 1.54) is 12.3 Å². The number of carbonyl (C=O) groups is 2. The maximum Gasteiger partial charge on any atom is 0.260 e. The minimum Gasteiger partial charge on any atom is -0.452 e. The molecule has 2 rings (SSSR count). The number of rotatable bonds is 5. The van der Waals surface area contributed by atoms with Crippen LogP contribution in [0.15, 0.2) is 16.7 Å². The molecule has 110 valence electrons. The fourth-order valence-corrected chi connectivity index (χ4v) is 3.32. The molecule has 1 atom stereocenters. The SMILES string of the molecule is CCCCNC(=O)[C@@H]1CSCN1C(=O)c1ccoc1Cl. The zero-order valence-electron chi connectivity index (χ0n) is 11.2. The summed E-state index contributed by atoms with van der Waals surface area (Å²) in [6.45, 7) is 2.71. The molecule has 1 N–H and O–H groups in total. The molecule has 0 aliphatic carbocycles. The summed E-state index contributed by atoms with van der Waals surface area (Å²) in [5, 5.41) is 2.93. The Balaban J connectivity index is 2.02. The van der Waals surface area contributed by atoms with Crippen molar-refractivity contribution in [3.05, 3.63) is 23.1 Å². The highest BCUT2D eigenvalue weighted by atomic mass is 35.5. The molecule has 0 aromatic carbocycles. The summed E-state index contributed by atoms with van der Waals surface area (Å²) in [7, 11) is 0. The smallest absolute Gasteiger partial charge is 0.260 e. The molecule has 0 unspecified atom stereocenters. The van der Waals surface area contributed by atoms with E-state index in [1.807, 2.05) is 0 Å². The standard InChI is InChI=1S/C13H17ClN2O3S/c1-2-3-5-15-12(17)10-7-20-8-16(10)13(18)9-4-6-19-11(9)14/h4,6,10H,2-3,5,7-8H2,1H3,(H,15,17)/t10-/m0/s1. The van der Waals surface area contributed by atoms with E-state index in [9.17, 15) is 9.59 Å². The Labute approximate surface area is 127 Å². The molecule has 0 saturated carbocycles. The average molecular weight is 317 g/mol. The van der Waals surface area contributed by atoms with Gasteiger partial charge in [0.05, 0.1) is 17.7 Å². The van der Waals surface area contributed by atoms with Gasteiger partial charge < -0.3 is 14.6 Å². The molecule has 0 bridgehead atoms. The molecule has 7 heteroatoms. The average Bonchev–Trinajstić information content (AvgIpc) is 3.06. The van der Waals surface area contributed by atoms with Gasteiger partial charge in [-0.2, -0.15) is 0 Å². The van der Waals surface area contributed by atoms with Gasteiger partial charge in [0.15, 0.2) is 0 Å². The summed E-state index contributed by atoms with van der Waals surface area (Å²) in [5.41, 5.74) is 0.306. The molecular weight excluding hydrogens is 300 g/mol. The minimum absolute atomic E-state index is 0.0667. The molecule has 1 aromatic heterocycles. The summed E-state index contributed by atoms with van der Waals surface area (Å²) in [4.78, 5) is 26.0. The molecule has 0 spiro atoms. The molecule has 1 aliphatic heterocycles. The molecule has 20 heavy (non-hydrogen) atoms. The number of hydrogen-bond donors (Lipinski definition) is 1. The van der Waals surface area contributed by atoms with E-state index in [-0.39, 0.29) is 17.0 Å². The second kappa shape index (κ2) is 7.04. The van der Waals surface area contributed by atoms with Gasteiger partial charge in [-0.3, -0.25) is 9.59 Å². The van der Waals surface area contributed by atoms with Crippen molar-refractivity contribution in [2.75, 3.05) is 18.2 Å². The third-order valence-electron chi connectivity index (χ3n) is 3.12. The van der Waals surface area contributed by atoms with Crippen LogP contribution in [-0.4, -0.2) is 40.9 Å². The van der Waals surface area contributed by atoms with Crippen LogP contribution in [0, 0.1) is 0 Å². The van der Waals surface area contributed by atoms with E-state index in [1.54, 1.807) is 16.7 Å². The molecule has 2 amide bonds. The maximum absolute atomic E-state index is 12.4. The Morgan fingerprint density at radius 2 is 2.40 bits per heavy atom. The van der Waals surface area contributed by atoms with Gasteiger partial charge in [0.25, 0.3) is 5.91 Å². The Bertz CT molecular complexity index is 492. The molecule has 2 heterocycles. The second-order valence-corrected chi connectivity index (χ2v) is 5.89. The highest BCUT2D eigenvalue weighted by molar-refractivity contribution is 7.99. The number of nitrogens with zero attached hydrogens (tertiary/aromatic N) is 1. The van der Waals surface area contributed by atoms with Crippen molar-refractivity contribution in [2.45, 2.75) is 25.8 Å². The lowest BCUT2D eigenvalue weighted by Gasteiger charge is -2.22. The van der Waals surface area contributed by atoms with Crippen LogP contribution < -0.4 is 5.32 Å². The topological polar surface area (TPSA) is 62.6 Å². The van der Waals surface area contributed by atoms with Crippen LogP contribution in [0.25, 0.3) is 0 Å². The molecule has 1 aromatic rings. The highest BCUT2D eigenvalue weighted by Crippen LogP contribution is 2.26. The third kappa shape index (κ3) is 3.30. The predicted octanol–water partition coefficient (Wildman–Crippen LogP) is 2.36. The lowest BCUT2D eigenvalue weighted by Crippen LogP contribution is -2.47. The molecular formula is C13H17ClN2O3S. The normalized spacial score (nSPS) is 18.3. The van der Waals surface area contributed by atoms with Gasteiger partial charge in [-0.1, -0.05) is 13.3 Å². The Hall–Kier alpha value is -1.14. The quantitative estimate of drug-likeness (QED) is 0.847. The first kappa shape index (κ1) is 15.3. The largest absolute Gasteiger partial charge is 0.452 e. The number of furan rings is 1. The number of thioether (sulfide) groups is 1. The van der Waals surface area contributed by atoms with Crippen molar-refractivity contribution >= 4 is 35.2 Å². The molecule has 5 nitrogen and oxygen atoms in total. The van der Waals surface area contributed by atoms with E-state index in [0.717, 1.165) is 12.8 Å². The van der Waals surface area contributed by atoms with Gasteiger partial charge in [0.2, 0.25) is 11.1 Å². The summed E-state index contributed by atoms with van der Waals surface area (Å²) < 4.78 is 4.93. The Morgan fingerprint density at radius 3 is 3.05 bits per heavy atom. The van der Waals surface area contributed by atoms with Gasteiger partial charge in [0.1, 0.15) is 6.04 Å². The Morgan fingerprint density at radius 1 is 1.60 bits per heavy atom. The summed E-state index contributed by atoms with van der Waals surface area (Å²) >= 11 is 7.38. The fourth-order valence-electron chi connectivity index (χ4n) is 1.97. The number of hydrogen-bond acceptors (Lipinski definition) is 4. The van der Waals surface area contributed by atoms with Gasteiger partial charge in [-0.25, -0.2) is 0 Å². The molecule has 1 fully saturated rings. The third-order valence-corrected chi connectivity index (χ3v) is 4.43. The van der Waals surface area contributed by atoms with Crippen LogP contribution in [0.5, 0.6) is 0 Å². The van der Waals surface area contributed by atoms with E-state index < -0.39 is 6.04 Å². The van der Waals surface area contributed by atoms with Crippen LogP contribution in [0.2, 0.25) is 5.22 Å². The van der Waals surface area contributed by atoms with Crippen LogP contribution in [0.1, 0.15) is 30.1 Å². The summed E-state index contributed by atoms with van der Waals surface area (Å²) in [6.07, 6.45) is 3.33. The van der Waals surface area contributed by atoms with Crippen LogP contribution >= 0.6 is 23.4 Å². The van der Waals surface area contributed by atoms with E-state index in [4.69, 9.17) is 16.0 Å². The number of unbranched alkanes of at least 4 members (excludes halogenated alkanes) is 1. The first-order chi connectivity index (χ1) is 9.65. The van der Waals surface area contributed by atoms with Gasteiger partial charge >= 0.3 is 0 Å². The zero-order valence-corrected chi connectivity index (χ0v) is 12.8. The van der Waals surface area contributed by atoms with Crippen molar-refractivity contribution < 1.29 is 14.0 Å². The first-order valence-corrected chi connectivity index (χ1v) is 8.07. The maximum atomic E-state index is 12.4. The van der Waals surface area contributed by atoms with Crippen LogP contribution in [0.3, 0.4) is 0 Å². The van der Waals surface area contributed by atoms with Crippen LogP contribution in [0.4, 0.5) is 0 Å². The van der Waals surface area contributed by atoms with Gasteiger partial charge in [0, 0.05) is 12.3 Å². The van der Waals surface area contributed by atoms with Crippen molar-refractivity contribution in [2.24, 2.45) is 0 Å². The molecule has 0 radical (unpaired) electrons. The number of nitrogens with one attached hydrogen (secondary N) is 1. The first-order valence-electron chi connectivity index (χ1n) is 6.54. The second-order valence-electron chi connectivity index (χ2n) is 4.54. The number of amides is 2. The van der Waals surface area contributed by atoms with Crippen molar-refractivity contribution in [3.8, 4) is 0 Å². The van der Waals surface area contributed by atoms with E-state index in [2.05, 4.69) is 12.2 Å². The summed E-state index contributed by atoms with van der Waals surface area (Å²) in [6, 6.07) is 1.09. The van der Waals surface area contributed by atoms with Crippen molar-refractivity contribution in [1.29, 1.82) is 0 Å². The monoisotopic (exact) mass is 316 g/mol. The number of halogens is 1.